The molecule has 0 spiro atoms. The predicted octanol–water partition coefficient (Wildman–Crippen LogP) is 0.630. The van der Waals surface area contributed by atoms with Crippen molar-refractivity contribution in [2.75, 3.05) is 13.6 Å². The van der Waals surface area contributed by atoms with Crippen molar-refractivity contribution in [3.63, 3.8) is 0 Å². The van der Waals surface area contributed by atoms with Gasteiger partial charge in [-0.2, -0.15) is 0 Å². The van der Waals surface area contributed by atoms with Gasteiger partial charge in [0.2, 0.25) is 5.91 Å². The molecule has 0 aliphatic heterocycles. The summed E-state index contributed by atoms with van der Waals surface area (Å²) in [7, 11) is 1.75. The molecular weight excluding hydrogens is 266 g/mol. The van der Waals surface area contributed by atoms with Gasteiger partial charge in [-0.25, -0.2) is 0 Å². The first-order chi connectivity index (χ1) is 10.2. The first-order valence-corrected chi connectivity index (χ1v) is 7.38. The maximum atomic E-state index is 12.2. The summed E-state index contributed by atoms with van der Waals surface area (Å²) in [4.78, 5) is 23.3. The normalized spacial score (nSPS) is 13.4. The van der Waals surface area contributed by atoms with Crippen LogP contribution in [0, 0.1) is 0 Å². The second-order valence-corrected chi connectivity index (χ2v) is 5.07. The average molecular weight is 291 g/mol. The van der Waals surface area contributed by atoms with E-state index < -0.39 is 6.04 Å². The molecule has 5 heteroatoms. The molecule has 0 saturated carbocycles. The van der Waals surface area contributed by atoms with Crippen molar-refractivity contribution in [1.29, 1.82) is 0 Å². The lowest BCUT2D eigenvalue weighted by Crippen LogP contribution is -2.48. The van der Waals surface area contributed by atoms with E-state index >= 15 is 0 Å². The molecule has 1 rings (SSSR count). The monoisotopic (exact) mass is 291 g/mol. The van der Waals surface area contributed by atoms with Gasteiger partial charge in [0.15, 0.2) is 0 Å². The van der Waals surface area contributed by atoms with Crippen LogP contribution in [0.2, 0.25) is 0 Å². The van der Waals surface area contributed by atoms with E-state index in [1.807, 2.05) is 30.3 Å². The molecule has 2 atom stereocenters. The number of hydrogen-bond donors (Lipinski definition) is 3. The van der Waals surface area contributed by atoms with E-state index in [1.165, 1.54) is 0 Å². The van der Waals surface area contributed by atoms with Crippen LogP contribution >= 0.6 is 0 Å². The van der Waals surface area contributed by atoms with Crippen molar-refractivity contribution in [3.8, 4) is 0 Å². The third-order valence-electron chi connectivity index (χ3n) is 3.41. The SMILES string of the molecule is CN[C@@H](Cc1ccccc1)C(=O)N[C@H](C=O)CCCCN. The van der Waals surface area contributed by atoms with Crippen LogP contribution in [0.25, 0.3) is 0 Å². The third-order valence-corrected chi connectivity index (χ3v) is 3.41. The fourth-order valence-electron chi connectivity index (χ4n) is 2.14. The molecule has 0 unspecified atom stereocenters. The molecule has 4 N–H and O–H groups in total. The van der Waals surface area contributed by atoms with Crippen molar-refractivity contribution in [1.82, 2.24) is 10.6 Å². The number of amides is 1. The topological polar surface area (TPSA) is 84.2 Å². The lowest BCUT2D eigenvalue weighted by molar-refractivity contribution is -0.125. The predicted molar refractivity (Wildman–Crippen MR) is 83.9 cm³/mol. The van der Waals surface area contributed by atoms with E-state index in [1.54, 1.807) is 7.05 Å². The number of carbonyl (C=O) groups is 2. The summed E-state index contributed by atoms with van der Waals surface area (Å²) in [6.45, 7) is 0.604. The second-order valence-electron chi connectivity index (χ2n) is 5.07. The minimum atomic E-state index is -0.435. The van der Waals surface area contributed by atoms with Crippen LogP contribution in [0.3, 0.4) is 0 Å². The van der Waals surface area contributed by atoms with Gasteiger partial charge in [0.05, 0.1) is 12.1 Å². The molecule has 0 aliphatic carbocycles. The Labute approximate surface area is 126 Å². The van der Waals surface area contributed by atoms with Gasteiger partial charge in [0.25, 0.3) is 0 Å². The van der Waals surface area contributed by atoms with Crippen molar-refractivity contribution in [3.05, 3.63) is 35.9 Å². The molecule has 5 nitrogen and oxygen atoms in total. The van der Waals surface area contributed by atoms with Gasteiger partial charge in [0, 0.05) is 0 Å². The lowest BCUT2D eigenvalue weighted by Gasteiger charge is -2.19. The zero-order valence-corrected chi connectivity index (χ0v) is 12.5. The first kappa shape index (κ1) is 17.3. The summed E-state index contributed by atoms with van der Waals surface area (Å²) in [5, 5.41) is 5.79. The van der Waals surface area contributed by atoms with E-state index in [2.05, 4.69) is 10.6 Å². The van der Waals surface area contributed by atoms with E-state index in [-0.39, 0.29) is 11.9 Å². The Kier molecular flexibility index (Phi) is 8.31. The van der Waals surface area contributed by atoms with Gasteiger partial charge in [-0.15, -0.1) is 0 Å². The molecule has 0 aliphatic rings. The van der Waals surface area contributed by atoms with Gasteiger partial charge in [-0.3, -0.25) is 4.79 Å². The quantitative estimate of drug-likeness (QED) is 0.436. The molecule has 116 valence electrons. The molecule has 0 aromatic heterocycles. The Morgan fingerprint density at radius 1 is 1.29 bits per heavy atom. The van der Waals surface area contributed by atoms with Crippen molar-refractivity contribution < 1.29 is 9.59 Å². The molecule has 0 heterocycles. The summed E-state index contributed by atoms with van der Waals surface area (Å²) in [5.74, 6) is -0.147. The Balaban J connectivity index is 2.51. The summed E-state index contributed by atoms with van der Waals surface area (Å²) in [6, 6.07) is 9.02. The van der Waals surface area contributed by atoms with E-state index in [4.69, 9.17) is 5.73 Å². The number of carbonyl (C=O) groups excluding carboxylic acids is 2. The molecular formula is C16H25N3O2. The molecule has 1 aromatic rings. The Morgan fingerprint density at radius 2 is 2.00 bits per heavy atom. The zero-order valence-electron chi connectivity index (χ0n) is 12.5. The van der Waals surface area contributed by atoms with Crippen LogP contribution in [0.4, 0.5) is 0 Å². The number of likely N-dealkylation sites (N-methyl/N-ethyl adjacent to an activating group) is 1. The number of nitrogens with one attached hydrogen (secondary N) is 2. The fraction of sp³-hybridized carbons (Fsp3) is 0.500. The number of unbranched alkanes of at least 4 members (excludes halogenated alkanes) is 1. The summed E-state index contributed by atoms with van der Waals surface area (Å²) >= 11 is 0. The largest absolute Gasteiger partial charge is 0.345 e. The van der Waals surface area contributed by atoms with Gasteiger partial charge >= 0.3 is 0 Å². The highest BCUT2D eigenvalue weighted by Gasteiger charge is 2.19. The molecule has 21 heavy (non-hydrogen) atoms. The minimum Gasteiger partial charge on any atom is -0.345 e. The highest BCUT2D eigenvalue weighted by atomic mass is 16.2. The smallest absolute Gasteiger partial charge is 0.238 e. The van der Waals surface area contributed by atoms with E-state index in [0.29, 0.717) is 19.4 Å². The van der Waals surface area contributed by atoms with Gasteiger partial charge in [-0.05, 0) is 44.8 Å². The molecule has 1 amide bonds. The van der Waals surface area contributed by atoms with Gasteiger partial charge in [-0.1, -0.05) is 30.3 Å². The van der Waals surface area contributed by atoms with Gasteiger partial charge in [0.1, 0.15) is 6.29 Å². The van der Waals surface area contributed by atoms with Crippen LogP contribution < -0.4 is 16.4 Å². The Bertz CT molecular complexity index is 423. The molecule has 0 fully saturated rings. The number of rotatable bonds is 10. The lowest BCUT2D eigenvalue weighted by atomic mass is 10.0. The Morgan fingerprint density at radius 3 is 2.57 bits per heavy atom. The van der Waals surface area contributed by atoms with E-state index in [0.717, 1.165) is 24.7 Å². The summed E-state index contributed by atoms with van der Waals surface area (Å²) in [5.41, 5.74) is 6.51. The number of aldehydes is 1. The number of nitrogens with two attached hydrogens (primary N) is 1. The van der Waals surface area contributed by atoms with Crippen LogP contribution in [0.5, 0.6) is 0 Å². The highest BCUT2D eigenvalue weighted by molar-refractivity contribution is 5.84. The van der Waals surface area contributed by atoms with Crippen LogP contribution in [-0.4, -0.2) is 37.9 Å². The number of benzene rings is 1. The molecule has 0 radical (unpaired) electrons. The Hall–Kier alpha value is -1.72. The minimum absolute atomic E-state index is 0.147. The molecule has 1 aromatic carbocycles. The summed E-state index contributed by atoms with van der Waals surface area (Å²) in [6.07, 6.45) is 3.72. The van der Waals surface area contributed by atoms with E-state index in [9.17, 15) is 9.59 Å². The van der Waals surface area contributed by atoms with Crippen molar-refractivity contribution >= 4 is 12.2 Å². The van der Waals surface area contributed by atoms with Crippen molar-refractivity contribution in [2.24, 2.45) is 5.73 Å². The fourth-order valence-corrected chi connectivity index (χ4v) is 2.14. The summed E-state index contributed by atoms with van der Waals surface area (Å²) < 4.78 is 0. The highest BCUT2D eigenvalue weighted by Crippen LogP contribution is 2.04. The maximum absolute atomic E-state index is 12.2. The second kappa shape index (κ2) is 10.1. The zero-order chi connectivity index (χ0) is 15.5. The third kappa shape index (κ3) is 6.51. The molecule has 0 saturated heterocycles. The first-order valence-electron chi connectivity index (χ1n) is 7.38. The molecule has 0 bridgehead atoms. The maximum Gasteiger partial charge on any atom is 0.238 e. The van der Waals surface area contributed by atoms with Crippen LogP contribution in [-0.2, 0) is 16.0 Å². The standard InChI is InChI=1S/C16H25N3O2/c1-18-15(11-13-7-3-2-4-8-13)16(21)19-14(12-20)9-5-6-10-17/h2-4,7-8,12,14-15,18H,5-6,9-11,17H2,1H3,(H,19,21)/t14-,15-/m0/s1. The number of hydrogen-bond acceptors (Lipinski definition) is 4. The average Bonchev–Trinajstić information content (AvgIpc) is 2.52. The van der Waals surface area contributed by atoms with Crippen LogP contribution in [0.15, 0.2) is 30.3 Å². The van der Waals surface area contributed by atoms with Crippen molar-refractivity contribution in [2.45, 2.75) is 37.8 Å². The van der Waals surface area contributed by atoms with Gasteiger partial charge < -0.3 is 21.2 Å². The van der Waals surface area contributed by atoms with Crippen LogP contribution in [0.1, 0.15) is 24.8 Å².